The first kappa shape index (κ1) is 18.8. The van der Waals surface area contributed by atoms with E-state index in [1.165, 1.54) is 11.0 Å². The predicted octanol–water partition coefficient (Wildman–Crippen LogP) is 3.45. The third-order valence-electron chi connectivity index (χ3n) is 4.13. The molecule has 8 heteroatoms. The number of anilines is 3. The quantitative estimate of drug-likeness (QED) is 0.455. The lowest BCUT2D eigenvalue weighted by Gasteiger charge is -2.22. The zero-order valence-electron chi connectivity index (χ0n) is 15.3. The fraction of sp³-hybridized carbons (Fsp3) is 0.263. The predicted molar refractivity (Wildman–Crippen MR) is 105 cm³/mol. The van der Waals surface area contributed by atoms with Gasteiger partial charge in [-0.05, 0) is 43.7 Å². The van der Waals surface area contributed by atoms with Crippen LogP contribution in [0.15, 0.2) is 30.5 Å². The smallest absolute Gasteiger partial charge is 0.330 e. The second kappa shape index (κ2) is 7.75. The first-order chi connectivity index (χ1) is 13.0. The number of hydrogen-bond donors (Lipinski definition) is 0. The van der Waals surface area contributed by atoms with Crippen LogP contribution in [-0.4, -0.2) is 42.0 Å². The van der Waals surface area contributed by atoms with Gasteiger partial charge in [-0.25, -0.2) is 14.8 Å². The van der Waals surface area contributed by atoms with E-state index >= 15 is 0 Å². The van der Waals surface area contributed by atoms with Gasteiger partial charge in [-0.2, -0.15) is 0 Å². The van der Waals surface area contributed by atoms with Crippen molar-refractivity contribution in [1.29, 1.82) is 0 Å². The van der Waals surface area contributed by atoms with Crippen LogP contribution in [-0.2, 0) is 9.53 Å². The second-order valence-corrected chi connectivity index (χ2v) is 6.20. The van der Waals surface area contributed by atoms with Crippen LogP contribution in [0.4, 0.5) is 17.3 Å². The van der Waals surface area contributed by atoms with E-state index in [9.17, 15) is 9.59 Å². The van der Waals surface area contributed by atoms with Crippen LogP contribution < -0.4 is 9.80 Å². The van der Waals surface area contributed by atoms with E-state index in [-0.39, 0.29) is 5.91 Å². The Morgan fingerprint density at radius 3 is 2.78 bits per heavy atom. The maximum absolute atomic E-state index is 13.0. The fourth-order valence-corrected chi connectivity index (χ4v) is 3.00. The van der Waals surface area contributed by atoms with Gasteiger partial charge in [0.2, 0.25) is 0 Å². The molecule has 2 aromatic heterocycles. The number of pyridine rings is 2. The SMILES string of the molecule is CCOC(=O)C=Cc1cnc2c(c1)C(=O)N(C)c1ccc(Cl)nc1N2CC. The van der Waals surface area contributed by atoms with Gasteiger partial charge in [-0.15, -0.1) is 0 Å². The highest BCUT2D eigenvalue weighted by Gasteiger charge is 2.30. The number of hydrogen-bond acceptors (Lipinski definition) is 6. The van der Waals surface area contributed by atoms with Crippen molar-refractivity contribution in [2.45, 2.75) is 13.8 Å². The minimum absolute atomic E-state index is 0.217. The Morgan fingerprint density at radius 2 is 2.07 bits per heavy atom. The van der Waals surface area contributed by atoms with Crippen LogP contribution in [0.5, 0.6) is 0 Å². The molecule has 1 aliphatic rings. The zero-order chi connectivity index (χ0) is 19.6. The van der Waals surface area contributed by atoms with E-state index in [4.69, 9.17) is 16.3 Å². The number of carbonyl (C=O) groups excluding carboxylic acids is 2. The normalized spacial score (nSPS) is 13.4. The van der Waals surface area contributed by atoms with Gasteiger partial charge in [0.1, 0.15) is 11.0 Å². The lowest BCUT2D eigenvalue weighted by molar-refractivity contribution is -0.137. The van der Waals surface area contributed by atoms with Crippen molar-refractivity contribution in [3.63, 3.8) is 0 Å². The van der Waals surface area contributed by atoms with E-state index in [1.54, 1.807) is 44.4 Å². The van der Waals surface area contributed by atoms with Gasteiger partial charge < -0.3 is 14.5 Å². The van der Waals surface area contributed by atoms with Crippen LogP contribution in [0.25, 0.3) is 6.08 Å². The molecule has 1 amide bonds. The summed E-state index contributed by atoms with van der Waals surface area (Å²) in [5, 5.41) is 0.338. The fourth-order valence-electron chi connectivity index (χ4n) is 2.86. The molecular formula is C19H19ClN4O3. The Kier molecular flexibility index (Phi) is 5.41. The number of esters is 1. The Labute approximate surface area is 162 Å². The van der Waals surface area contributed by atoms with Crippen LogP contribution in [0.1, 0.15) is 29.8 Å². The number of nitrogens with zero attached hydrogens (tertiary/aromatic N) is 4. The average Bonchev–Trinajstić information content (AvgIpc) is 2.74. The van der Waals surface area contributed by atoms with Crippen molar-refractivity contribution < 1.29 is 14.3 Å². The molecule has 0 unspecified atom stereocenters. The summed E-state index contributed by atoms with van der Waals surface area (Å²) in [6, 6.07) is 5.11. The van der Waals surface area contributed by atoms with Crippen molar-refractivity contribution >= 4 is 46.9 Å². The summed E-state index contributed by atoms with van der Waals surface area (Å²) < 4.78 is 4.87. The largest absolute Gasteiger partial charge is 0.463 e. The number of rotatable bonds is 4. The summed E-state index contributed by atoms with van der Waals surface area (Å²) in [6.07, 6.45) is 4.48. The van der Waals surface area contributed by atoms with Gasteiger partial charge in [-0.1, -0.05) is 11.6 Å². The minimum Gasteiger partial charge on any atom is -0.463 e. The molecule has 7 nitrogen and oxygen atoms in total. The van der Waals surface area contributed by atoms with Gasteiger partial charge in [-0.3, -0.25) is 4.79 Å². The molecule has 3 heterocycles. The molecule has 3 rings (SSSR count). The Morgan fingerprint density at radius 1 is 1.30 bits per heavy atom. The van der Waals surface area contributed by atoms with Crippen molar-refractivity contribution in [3.05, 3.63) is 46.8 Å². The van der Waals surface area contributed by atoms with Crippen LogP contribution in [0.3, 0.4) is 0 Å². The summed E-state index contributed by atoms with van der Waals surface area (Å²) in [4.78, 5) is 36.8. The van der Waals surface area contributed by atoms with Crippen LogP contribution in [0.2, 0.25) is 5.15 Å². The topological polar surface area (TPSA) is 75.6 Å². The molecule has 0 bridgehead atoms. The number of halogens is 1. The molecule has 0 radical (unpaired) electrons. The van der Waals surface area contributed by atoms with E-state index in [2.05, 4.69) is 9.97 Å². The van der Waals surface area contributed by atoms with E-state index in [1.807, 2.05) is 11.8 Å². The van der Waals surface area contributed by atoms with E-state index < -0.39 is 5.97 Å². The van der Waals surface area contributed by atoms with Crippen LogP contribution >= 0.6 is 11.6 Å². The molecule has 1 aliphatic heterocycles. The number of carbonyl (C=O) groups is 2. The third-order valence-corrected chi connectivity index (χ3v) is 4.34. The maximum Gasteiger partial charge on any atom is 0.330 e. The molecule has 27 heavy (non-hydrogen) atoms. The lowest BCUT2D eigenvalue weighted by atomic mass is 10.1. The maximum atomic E-state index is 13.0. The summed E-state index contributed by atoms with van der Waals surface area (Å²) in [5.74, 6) is 0.403. The second-order valence-electron chi connectivity index (χ2n) is 5.81. The van der Waals surface area contributed by atoms with Gasteiger partial charge in [0.15, 0.2) is 5.82 Å². The molecular weight excluding hydrogens is 368 g/mol. The first-order valence-electron chi connectivity index (χ1n) is 8.53. The number of aromatic nitrogens is 2. The van der Waals surface area contributed by atoms with Crippen molar-refractivity contribution in [3.8, 4) is 0 Å². The van der Waals surface area contributed by atoms with Gasteiger partial charge >= 0.3 is 5.97 Å². The van der Waals surface area contributed by atoms with E-state index in [0.29, 0.717) is 46.8 Å². The molecule has 0 saturated carbocycles. The van der Waals surface area contributed by atoms with Crippen LogP contribution in [0, 0.1) is 0 Å². The standard InChI is InChI=1S/C19H19ClN4O3/c1-4-24-17-13(10-12(11-21-17)6-9-16(25)27-5-2)19(26)23(3)14-7-8-15(20)22-18(14)24/h6-11H,4-5H2,1-3H3. The van der Waals surface area contributed by atoms with Crippen molar-refractivity contribution in [2.75, 3.05) is 30.0 Å². The molecule has 0 N–H and O–H groups in total. The summed E-state index contributed by atoms with van der Waals surface area (Å²) >= 11 is 6.07. The highest BCUT2D eigenvalue weighted by molar-refractivity contribution is 6.29. The third kappa shape index (κ3) is 3.64. The Hall–Kier alpha value is -2.93. The van der Waals surface area contributed by atoms with Gasteiger partial charge in [0.25, 0.3) is 5.91 Å². The first-order valence-corrected chi connectivity index (χ1v) is 8.91. The molecule has 2 aromatic rings. The Balaban J connectivity index is 2.09. The summed E-state index contributed by atoms with van der Waals surface area (Å²) in [6.45, 7) is 4.54. The molecule has 140 valence electrons. The van der Waals surface area contributed by atoms with E-state index in [0.717, 1.165) is 0 Å². The average molecular weight is 387 g/mol. The highest BCUT2D eigenvalue weighted by Crippen LogP contribution is 2.38. The van der Waals surface area contributed by atoms with Gasteiger partial charge in [0, 0.05) is 25.9 Å². The number of fused-ring (bicyclic) bond motifs is 2. The zero-order valence-corrected chi connectivity index (χ0v) is 16.0. The number of ether oxygens (including phenoxy) is 1. The molecule has 0 fully saturated rings. The minimum atomic E-state index is -0.447. The lowest BCUT2D eigenvalue weighted by Crippen LogP contribution is -2.25. The monoisotopic (exact) mass is 386 g/mol. The Bertz CT molecular complexity index is 929. The summed E-state index contributed by atoms with van der Waals surface area (Å²) in [5.41, 5.74) is 1.68. The summed E-state index contributed by atoms with van der Waals surface area (Å²) in [7, 11) is 1.68. The highest BCUT2D eigenvalue weighted by atomic mass is 35.5. The number of amides is 1. The molecule has 0 aliphatic carbocycles. The molecule has 0 saturated heterocycles. The van der Waals surface area contributed by atoms with Gasteiger partial charge in [0.05, 0.1) is 17.9 Å². The molecule has 0 spiro atoms. The molecule has 0 aromatic carbocycles. The molecule has 0 atom stereocenters. The van der Waals surface area contributed by atoms with Crippen molar-refractivity contribution in [2.24, 2.45) is 0 Å². The van der Waals surface area contributed by atoms with Crippen molar-refractivity contribution in [1.82, 2.24) is 9.97 Å².